The molecule has 29 heavy (non-hydrogen) atoms. The van der Waals surface area contributed by atoms with Gasteiger partial charge in [-0.1, -0.05) is 58.7 Å². The normalized spacial score (nSPS) is 17.3. The maximum atomic E-state index is 12.4. The molecular weight excluding hydrogens is 449 g/mol. The predicted molar refractivity (Wildman–Crippen MR) is 124 cm³/mol. The van der Waals surface area contributed by atoms with E-state index in [1.165, 1.54) is 11.8 Å². The van der Waals surface area contributed by atoms with Gasteiger partial charge in [-0.2, -0.15) is 0 Å². The Bertz CT molecular complexity index is 999. The van der Waals surface area contributed by atoms with Crippen molar-refractivity contribution in [3.63, 3.8) is 0 Å². The van der Waals surface area contributed by atoms with Crippen molar-refractivity contribution in [2.75, 3.05) is 11.1 Å². The molecule has 2 aromatic rings. The Morgan fingerprint density at radius 2 is 1.72 bits per heavy atom. The van der Waals surface area contributed by atoms with Crippen LogP contribution in [0.15, 0.2) is 52.4 Å². The Morgan fingerprint density at radius 1 is 1.00 bits per heavy atom. The topological polar surface area (TPSA) is 53.8 Å². The summed E-state index contributed by atoms with van der Waals surface area (Å²) in [6.45, 7) is 0. The number of benzene rings is 2. The number of thioether (sulfide) groups is 1. The molecule has 1 heterocycles. The SMILES string of the molecule is O=C(CSC1=NC2(CCCC2)N=C1c1ccc(Cl)cc1)Nc1ccc(Cl)c(Cl)c1. The summed E-state index contributed by atoms with van der Waals surface area (Å²) in [7, 11) is 0. The monoisotopic (exact) mass is 465 g/mol. The van der Waals surface area contributed by atoms with Crippen molar-refractivity contribution < 1.29 is 4.79 Å². The van der Waals surface area contributed by atoms with Gasteiger partial charge < -0.3 is 5.32 Å². The minimum atomic E-state index is -0.364. The van der Waals surface area contributed by atoms with E-state index in [-0.39, 0.29) is 17.3 Å². The van der Waals surface area contributed by atoms with Crippen molar-refractivity contribution in [3.8, 4) is 0 Å². The molecule has 2 aromatic carbocycles. The quantitative estimate of drug-likeness (QED) is 0.560. The highest BCUT2D eigenvalue weighted by Crippen LogP contribution is 2.40. The summed E-state index contributed by atoms with van der Waals surface area (Å²) in [6, 6.07) is 12.6. The number of rotatable bonds is 4. The highest BCUT2D eigenvalue weighted by Gasteiger charge is 2.39. The van der Waals surface area contributed by atoms with Crippen molar-refractivity contribution in [2.45, 2.75) is 31.3 Å². The third kappa shape index (κ3) is 4.80. The number of nitrogens with zero attached hydrogens (tertiary/aromatic N) is 2. The third-order valence-electron chi connectivity index (χ3n) is 4.90. The van der Waals surface area contributed by atoms with Crippen LogP contribution >= 0.6 is 46.6 Å². The standard InChI is InChI=1S/C21H18Cl3N3OS/c22-14-5-3-13(4-6-14)19-20(27-21(26-19)9-1-2-10-21)29-12-18(28)25-15-7-8-16(23)17(24)11-15/h3-8,11H,1-2,9-10,12H2,(H,25,28). The van der Waals surface area contributed by atoms with Crippen LogP contribution in [0.1, 0.15) is 31.2 Å². The number of aliphatic imine (C=N–C) groups is 2. The summed E-state index contributed by atoms with van der Waals surface area (Å²) >= 11 is 19.4. The van der Waals surface area contributed by atoms with Gasteiger partial charge in [-0.05, 0) is 56.0 Å². The van der Waals surface area contributed by atoms with Crippen LogP contribution in [-0.4, -0.2) is 28.1 Å². The number of hydrogen-bond donors (Lipinski definition) is 1. The molecule has 1 N–H and O–H groups in total. The Hall–Kier alpha value is -1.53. The molecule has 2 aliphatic rings. The molecule has 8 heteroatoms. The summed E-state index contributed by atoms with van der Waals surface area (Å²) in [4.78, 5) is 22.3. The van der Waals surface area contributed by atoms with E-state index in [1.807, 2.05) is 24.3 Å². The first-order valence-corrected chi connectivity index (χ1v) is 11.4. The molecule has 1 aliphatic heterocycles. The lowest BCUT2D eigenvalue weighted by Crippen LogP contribution is -2.17. The minimum Gasteiger partial charge on any atom is -0.325 e. The van der Waals surface area contributed by atoms with E-state index in [4.69, 9.17) is 44.8 Å². The number of anilines is 1. The molecule has 0 aromatic heterocycles. The smallest absolute Gasteiger partial charge is 0.234 e. The second kappa shape index (κ2) is 8.68. The number of amides is 1. The average molecular weight is 467 g/mol. The van der Waals surface area contributed by atoms with E-state index in [1.54, 1.807) is 18.2 Å². The molecule has 1 fully saturated rings. The number of nitrogens with one attached hydrogen (secondary N) is 1. The van der Waals surface area contributed by atoms with Gasteiger partial charge in [0, 0.05) is 16.3 Å². The lowest BCUT2D eigenvalue weighted by atomic mass is 10.1. The number of carbonyl (C=O) groups is 1. The fraction of sp³-hybridized carbons (Fsp3) is 0.286. The van der Waals surface area contributed by atoms with Crippen LogP contribution in [0.3, 0.4) is 0 Å². The van der Waals surface area contributed by atoms with Crippen molar-refractivity contribution in [1.29, 1.82) is 0 Å². The predicted octanol–water partition coefficient (Wildman–Crippen LogP) is 6.49. The Labute approximate surface area is 188 Å². The van der Waals surface area contributed by atoms with E-state index in [9.17, 15) is 4.79 Å². The molecular formula is C21H18Cl3N3OS. The van der Waals surface area contributed by atoms with Gasteiger partial charge in [0.05, 0.1) is 21.5 Å². The lowest BCUT2D eigenvalue weighted by Gasteiger charge is -2.14. The first-order chi connectivity index (χ1) is 13.9. The Balaban J connectivity index is 1.48. The average Bonchev–Trinajstić information content (AvgIpc) is 3.31. The van der Waals surface area contributed by atoms with Gasteiger partial charge in [-0.3, -0.25) is 9.79 Å². The van der Waals surface area contributed by atoms with Crippen molar-refractivity contribution in [2.24, 2.45) is 9.98 Å². The maximum Gasteiger partial charge on any atom is 0.234 e. The summed E-state index contributed by atoms with van der Waals surface area (Å²) in [5.74, 6) is 0.0841. The third-order valence-corrected chi connectivity index (χ3v) is 6.85. The van der Waals surface area contributed by atoms with Crippen LogP contribution in [-0.2, 0) is 4.79 Å². The Morgan fingerprint density at radius 3 is 2.41 bits per heavy atom. The van der Waals surface area contributed by atoms with Gasteiger partial charge >= 0.3 is 0 Å². The molecule has 4 rings (SSSR count). The van der Waals surface area contributed by atoms with E-state index < -0.39 is 0 Å². The van der Waals surface area contributed by atoms with Crippen molar-refractivity contribution >= 4 is 68.9 Å². The molecule has 0 saturated heterocycles. The molecule has 150 valence electrons. The van der Waals surface area contributed by atoms with Crippen LogP contribution in [0, 0.1) is 0 Å². The molecule has 0 bridgehead atoms. The second-order valence-corrected chi connectivity index (χ2v) is 9.25. The first kappa shape index (κ1) is 20.7. The zero-order valence-corrected chi connectivity index (χ0v) is 18.5. The van der Waals surface area contributed by atoms with Gasteiger partial charge in [0.1, 0.15) is 5.04 Å². The molecule has 1 aliphatic carbocycles. The summed E-state index contributed by atoms with van der Waals surface area (Å²) in [5.41, 5.74) is 2.06. The molecule has 1 saturated carbocycles. The first-order valence-electron chi connectivity index (χ1n) is 9.28. The summed E-state index contributed by atoms with van der Waals surface area (Å²) in [5, 5.41) is 5.17. The zero-order valence-electron chi connectivity index (χ0n) is 15.4. The lowest BCUT2D eigenvalue weighted by molar-refractivity contribution is -0.113. The van der Waals surface area contributed by atoms with Gasteiger partial charge in [-0.25, -0.2) is 4.99 Å². The van der Waals surface area contributed by atoms with Crippen LogP contribution in [0.25, 0.3) is 0 Å². The van der Waals surface area contributed by atoms with Crippen LogP contribution in [0.2, 0.25) is 15.1 Å². The zero-order chi connectivity index (χ0) is 20.4. The molecule has 0 unspecified atom stereocenters. The molecule has 1 amide bonds. The molecule has 0 atom stereocenters. The van der Waals surface area contributed by atoms with Gasteiger partial charge in [0.15, 0.2) is 5.66 Å². The number of hydrogen-bond acceptors (Lipinski definition) is 4. The van der Waals surface area contributed by atoms with Crippen molar-refractivity contribution in [1.82, 2.24) is 0 Å². The Kier molecular flexibility index (Phi) is 6.21. The summed E-state index contributed by atoms with van der Waals surface area (Å²) in [6.07, 6.45) is 4.14. The second-order valence-electron chi connectivity index (χ2n) is 7.04. The van der Waals surface area contributed by atoms with E-state index in [0.717, 1.165) is 42.0 Å². The van der Waals surface area contributed by atoms with Crippen molar-refractivity contribution in [3.05, 3.63) is 63.1 Å². The number of carbonyl (C=O) groups excluding carboxylic acids is 1. The number of halogens is 3. The maximum absolute atomic E-state index is 12.4. The van der Waals surface area contributed by atoms with E-state index in [0.29, 0.717) is 20.8 Å². The molecule has 0 radical (unpaired) electrons. The molecule has 4 nitrogen and oxygen atoms in total. The van der Waals surface area contributed by atoms with Gasteiger partial charge in [0.2, 0.25) is 5.91 Å². The van der Waals surface area contributed by atoms with Crippen LogP contribution < -0.4 is 5.32 Å². The van der Waals surface area contributed by atoms with E-state index in [2.05, 4.69) is 5.32 Å². The molecule has 1 spiro atoms. The minimum absolute atomic E-state index is 0.140. The fourth-order valence-electron chi connectivity index (χ4n) is 3.49. The van der Waals surface area contributed by atoms with Crippen LogP contribution in [0.4, 0.5) is 5.69 Å². The summed E-state index contributed by atoms with van der Waals surface area (Å²) < 4.78 is 0. The fourth-order valence-corrected chi connectivity index (χ4v) is 4.79. The highest BCUT2D eigenvalue weighted by atomic mass is 35.5. The van der Waals surface area contributed by atoms with E-state index >= 15 is 0 Å². The van der Waals surface area contributed by atoms with Gasteiger partial charge in [-0.15, -0.1) is 0 Å². The largest absolute Gasteiger partial charge is 0.325 e. The van der Waals surface area contributed by atoms with Gasteiger partial charge in [0.25, 0.3) is 0 Å². The highest BCUT2D eigenvalue weighted by molar-refractivity contribution is 8.16. The van der Waals surface area contributed by atoms with Crippen LogP contribution in [0.5, 0.6) is 0 Å².